The van der Waals surface area contributed by atoms with Gasteiger partial charge in [0.15, 0.2) is 5.96 Å². The Kier molecular flexibility index (Phi) is 11.1. The lowest BCUT2D eigenvalue weighted by molar-refractivity contribution is 0.336. The zero-order valence-corrected chi connectivity index (χ0v) is 19.3. The van der Waals surface area contributed by atoms with E-state index in [9.17, 15) is 8.42 Å². The molecule has 0 spiro atoms. The van der Waals surface area contributed by atoms with Gasteiger partial charge in [-0.2, -0.15) is 0 Å². The van der Waals surface area contributed by atoms with Gasteiger partial charge >= 0.3 is 0 Å². The molecule has 0 aliphatic rings. The topological polar surface area (TPSA) is 91.8 Å². The minimum Gasteiger partial charge on any atom is -0.494 e. The van der Waals surface area contributed by atoms with Crippen LogP contribution in [0, 0.1) is 0 Å². The lowest BCUT2D eigenvalue weighted by Gasteiger charge is -2.26. The molecule has 3 N–H and O–H groups in total. The van der Waals surface area contributed by atoms with E-state index in [0.717, 1.165) is 17.6 Å². The second-order valence-electron chi connectivity index (χ2n) is 6.35. The number of benzene rings is 1. The summed E-state index contributed by atoms with van der Waals surface area (Å²) in [7, 11) is -3.28. The van der Waals surface area contributed by atoms with E-state index in [-0.39, 0.29) is 24.0 Å². The fraction of sp³-hybridized carbons (Fsp3) is 0.588. The van der Waals surface area contributed by atoms with E-state index < -0.39 is 15.6 Å². The Labute approximate surface area is 174 Å². The number of rotatable bonds is 9. The third kappa shape index (κ3) is 10.2. The van der Waals surface area contributed by atoms with Gasteiger partial charge < -0.3 is 15.4 Å². The number of para-hydroxylation sites is 1. The molecule has 1 aromatic rings. The highest BCUT2D eigenvalue weighted by molar-refractivity contribution is 14.0. The molecule has 0 radical (unpaired) electrons. The molecule has 9 heteroatoms. The Morgan fingerprint density at radius 1 is 1.19 bits per heavy atom. The summed E-state index contributed by atoms with van der Waals surface area (Å²) >= 11 is 0. The molecule has 0 heterocycles. The first-order valence-corrected chi connectivity index (χ1v) is 10.3. The summed E-state index contributed by atoms with van der Waals surface area (Å²) in [6.45, 7) is 9.73. The minimum absolute atomic E-state index is 0. The van der Waals surface area contributed by atoms with Crippen LogP contribution in [0.25, 0.3) is 0 Å². The Morgan fingerprint density at radius 3 is 2.42 bits per heavy atom. The van der Waals surface area contributed by atoms with Crippen molar-refractivity contribution in [2.24, 2.45) is 4.99 Å². The predicted molar refractivity (Wildman–Crippen MR) is 118 cm³/mol. The van der Waals surface area contributed by atoms with Crippen LogP contribution >= 0.6 is 24.0 Å². The number of nitrogens with zero attached hydrogens (tertiary/aromatic N) is 1. The molecule has 0 unspecified atom stereocenters. The van der Waals surface area contributed by atoms with Gasteiger partial charge in [0, 0.05) is 24.2 Å². The maximum atomic E-state index is 11.4. The van der Waals surface area contributed by atoms with Crippen LogP contribution in [0.4, 0.5) is 0 Å². The van der Waals surface area contributed by atoms with E-state index in [4.69, 9.17) is 4.74 Å². The van der Waals surface area contributed by atoms with Crippen molar-refractivity contribution in [3.05, 3.63) is 29.8 Å². The first-order valence-electron chi connectivity index (χ1n) is 8.38. The summed E-state index contributed by atoms with van der Waals surface area (Å²) in [4.78, 5) is 4.56. The second kappa shape index (κ2) is 11.6. The number of halogens is 1. The fourth-order valence-corrected chi connectivity index (χ4v) is 3.36. The smallest absolute Gasteiger partial charge is 0.209 e. The molecule has 150 valence electrons. The second-order valence-corrected chi connectivity index (χ2v) is 8.10. The molecule has 1 aromatic carbocycles. The summed E-state index contributed by atoms with van der Waals surface area (Å²) in [6, 6.07) is 7.79. The molecule has 0 saturated carbocycles. The average Bonchev–Trinajstić information content (AvgIpc) is 2.49. The van der Waals surface area contributed by atoms with E-state index in [1.807, 2.05) is 52.0 Å². The number of hydrogen-bond donors (Lipinski definition) is 3. The molecule has 1 rings (SSSR count). The van der Waals surface area contributed by atoms with Crippen molar-refractivity contribution in [2.45, 2.75) is 39.8 Å². The molecule has 0 fully saturated rings. The van der Waals surface area contributed by atoms with Crippen molar-refractivity contribution in [1.82, 2.24) is 15.4 Å². The Morgan fingerprint density at radius 2 is 1.85 bits per heavy atom. The van der Waals surface area contributed by atoms with Crippen LogP contribution in [0.5, 0.6) is 5.75 Å². The summed E-state index contributed by atoms with van der Waals surface area (Å²) < 4.78 is 31.1. The van der Waals surface area contributed by atoms with Gasteiger partial charge in [-0.3, -0.25) is 0 Å². The average molecular weight is 498 g/mol. The van der Waals surface area contributed by atoms with Crippen molar-refractivity contribution in [3.63, 3.8) is 0 Å². The third-order valence-corrected chi connectivity index (χ3v) is 4.11. The van der Waals surface area contributed by atoms with Crippen molar-refractivity contribution in [1.29, 1.82) is 0 Å². The van der Waals surface area contributed by atoms with Gasteiger partial charge in [0.2, 0.25) is 10.0 Å². The molecular formula is C17H31IN4O3S. The first-order chi connectivity index (χ1) is 11.7. The zero-order valence-electron chi connectivity index (χ0n) is 16.1. The molecule has 0 bridgehead atoms. The van der Waals surface area contributed by atoms with Crippen LogP contribution in [-0.2, 0) is 16.6 Å². The van der Waals surface area contributed by atoms with Crippen LogP contribution in [0.15, 0.2) is 29.3 Å². The van der Waals surface area contributed by atoms with Crippen LogP contribution in [0.1, 0.15) is 33.3 Å². The molecule has 7 nitrogen and oxygen atoms in total. The van der Waals surface area contributed by atoms with Gasteiger partial charge in [-0.25, -0.2) is 18.1 Å². The standard InChI is InChI=1S/C17H30N4O3S.HI/c1-6-18-16(20-13-17(3,4)21-25(5,22)23)19-12-14-10-8-9-11-15(14)24-7-2;/h8-11,21H,6-7,12-13H2,1-5H3,(H2,18,19,20);1H. The highest BCUT2D eigenvalue weighted by Crippen LogP contribution is 2.18. The van der Waals surface area contributed by atoms with E-state index >= 15 is 0 Å². The third-order valence-electron chi connectivity index (χ3n) is 3.18. The van der Waals surface area contributed by atoms with Crippen molar-refractivity contribution in [3.8, 4) is 5.75 Å². The van der Waals surface area contributed by atoms with E-state index in [2.05, 4.69) is 20.3 Å². The maximum Gasteiger partial charge on any atom is 0.209 e. The van der Waals surface area contributed by atoms with Crippen LogP contribution in [0.2, 0.25) is 0 Å². The van der Waals surface area contributed by atoms with Crippen molar-refractivity contribution >= 4 is 40.0 Å². The number of sulfonamides is 1. The number of nitrogens with one attached hydrogen (secondary N) is 3. The monoisotopic (exact) mass is 498 g/mol. The van der Waals surface area contributed by atoms with Crippen molar-refractivity contribution in [2.75, 3.05) is 26.0 Å². The molecule has 0 aromatic heterocycles. The molecule has 0 amide bonds. The van der Waals surface area contributed by atoms with Gasteiger partial charge in [0.05, 0.1) is 19.4 Å². The molecule has 26 heavy (non-hydrogen) atoms. The van der Waals surface area contributed by atoms with Gasteiger partial charge in [-0.15, -0.1) is 24.0 Å². The SMILES string of the molecule is CCNC(=NCc1ccccc1OCC)NCC(C)(C)NS(C)(=O)=O.I. The highest BCUT2D eigenvalue weighted by atomic mass is 127. The summed E-state index contributed by atoms with van der Waals surface area (Å²) in [5.41, 5.74) is 0.363. The number of aliphatic imine (C=N–C) groups is 1. The minimum atomic E-state index is -3.28. The van der Waals surface area contributed by atoms with E-state index in [1.165, 1.54) is 0 Å². The Hall–Kier alpha value is -1.07. The largest absolute Gasteiger partial charge is 0.494 e. The lowest BCUT2D eigenvalue weighted by Crippen LogP contribution is -2.53. The molecular weight excluding hydrogens is 467 g/mol. The fourth-order valence-electron chi connectivity index (χ4n) is 2.28. The number of guanidine groups is 1. The zero-order chi connectivity index (χ0) is 18.9. The first kappa shape index (κ1) is 24.9. The van der Waals surface area contributed by atoms with Gasteiger partial charge in [-0.1, -0.05) is 18.2 Å². The quantitative estimate of drug-likeness (QED) is 0.276. The number of ether oxygens (including phenoxy) is 1. The summed E-state index contributed by atoms with van der Waals surface area (Å²) in [5.74, 6) is 1.45. The predicted octanol–water partition coefficient (Wildman–Crippen LogP) is 2.09. The maximum absolute atomic E-state index is 11.4. The van der Waals surface area contributed by atoms with Crippen molar-refractivity contribution < 1.29 is 13.2 Å². The molecule has 0 aliphatic carbocycles. The number of hydrogen-bond acceptors (Lipinski definition) is 4. The Bertz CT molecular complexity index is 678. The lowest BCUT2D eigenvalue weighted by atomic mass is 10.1. The molecule has 0 aliphatic heterocycles. The van der Waals surface area contributed by atoms with Gasteiger partial charge in [0.25, 0.3) is 0 Å². The van der Waals surface area contributed by atoms with Crippen LogP contribution in [-0.4, -0.2) is 45.9 Å². The van der Waals surface area contributed by atoms with Crippen LogP contribution in [0.3, 0.4) is 0 Å². The normalized spacial score (nSPS) is 12.3. The van der Waals surface area contributed by atoms with Gasteiger partial charge in [0.1, 0.15) is 5.75 Å². The highest BCUT2D eigenvalue weighted by Gasteiger charge is 2.22. The van der Waals surface area contributed by atoms with Crippen LogP contribution < -0.4 is 20.1 Å². The van der Waals surface area contributed by atoms with Gasteiger partial charge in [-0.05, 0) is 33.8 Å². The summed E-state index contributed by atoms with van der Waals surface area (Å²) in [6.07, 6.45) is 1.15. The Balaban J connectivity index is 0.00000625. The van der Waals surface area contributed by atoms with E-state index in [1.54, 1.807) is 0 Å². The van der Waals surface area contributed by atoms with E-state index in [0.29, 0.717) is 32.2 Å². The molecule has 0 saturated heterocycles. The molecule has 0 atom stereocenters. The summed E-state index contributed by atoms with van der Waals surface area (Å²) in [5, 5.41) is 6.34.